The van der Waals surface area contributed by atoms with Crippen LogP contribution in [-0.2, 0) is 16.6 Å². The van der Waals surface area contributed by atoms with Gasteiger partial charge in [-0.25, -0.2) is 17.6 Å². The Kier molecular flexibility index (Phi) is 12.0. The van der Waals surface area contributed by atoms with E-state index in [9.17, 15) is 36.7 Å². The number of fused-ring (bicyclic) bond motifs is 2. The zero-order valence-electron chi connectivity index (χ0n) is 28.3. The molecule has 3 aliphatic carbocycles. The van der Waals surface area contributed by atoms with Crippen LogP contribution in [0.15, 0.2) is 91.8 Å². The average Bonchev–Trinajstić information content (AvgIpc) is 4.08. The summed E-state index contributed by atoms with van der Waals surface area (Å²) in [7, 11) is 0. The lowest BCUT2D eigenvalue weighted by Gasteiger charge is -2.31. The molecule has 3 aromatic carbocycles. The van der Waals surface area contributed by atoms with Gasteiger partial charge in [-0.15, -0.1) is 0 Å². The molecule has 0 spiro atoms. The number of anilines is 1. The molecule has 6 nitrogen and oxygen atoms in total. The lowest BCUT2D eigenvalue weighted by atomic mass is 9.77. The largest absolute Gasteiger partial charge is 0.356 e. The Morgan fingerprint density at radius 3 is 1.98 bits per heavy atom. The van der Waals surface area contributed by atoms with Crippen molar-refractivity contribution in [1.29, 1.82) is 0 Å². The Morgan fingerprint density at radius 1 is 0.811 bits per heavy atom. The number of allylic oxidation sites excluding steroid dienone is 3. The standard InChI is InChI=1S/C20H16BrF2NO2.C13H15F2NO.C7H4Br2O/c21-16-2-1-3-17(15(16)11-25)24-9-6-12-10-13(4-5-14(12)18(24)26)20(7-8-20)19(22)23;14-12(15)13(4-5-13)9-1-2-10-8(7-9)3-6-16-11(10)17;8-6-2-1-3-7(9)5(6)4-10/h1-5,10-11,19H,6-9H2;1-2,7-8,10,12H,3-6H2,(H,16,17);1-4H. The first-order valence-corrected chi connectivity index (χ1v) is 19.6. The number of halogens is 7. The maximum Gasteiger partial charge on any atom is 0.258 e. The number of carbonyl (C=O) groups excluding carboxylic acids is 4. The number of benzene rings is 3. The predicted molar refractivity (Wildman–Crippen MR) is 205 cm³/mol. The van der Waals surface area contributed by atoms with E-state index in [-0.39, 0.29) is 23.7 Å². The quantitative estimate of drug-likeness (QED) is 0.189. The number of nitrogens with one attached hydrogen (secondary N) is 1. The average molecular weight is 923 g/mol. The van der Waals surface area contributed by atoms with Gasteiger partial charge in [0.25, 0.3) is 5.91 Å². The molecule has 0 bridgehead atoms. The van der Waals surface area contributed by atoms with Crippen LogP contribution in [0, 0.1) is 17.3 Å². The number of carbonyl (C=O) groups is 4. The molecule has 2 atom stereocenters. The second-order valence-electron chi connectivity index (χ2n) is 13.8. The molecule has 2 aliphatic heterocycles. The Labute approximate surface area is 329 Å². The molecule has 2 saturated carbocycles. The molecule has 1 N–H and O–H groups in total. The van der Waals surface area contributed by atoms with E-state index in [1.165, 1.54) is 0 Å². The number of hydrogen-bond acceptors (Lipinski definition) is 4. The van der Waals surface area contributed by atoms with Gasteiger partial charge in [-0.2, -0.15) is 0 Å². The summed E-state index contributed by atoms with van der Waals surface area (Å²) in [4.78, 5) is 47.9. The number of nitrogens with zero attached hydrogens (tertiary/aromatic N) is 1. The van der Waals surface area contributed by atoms with E-state index in [0.717, 1.165) is 39.1 Å². The van der Waals surface area contributed by atoms with Gasteiger partial charge in [-0.1, -0.05) is 74.4 Å². The highest BCUT2D eigenvalue weighted by molar-refractivity contribution is 9.11. The minimum atomic E-state index is -2.38. The van der Waals surface area contributed by atoms with Crippen molar-refractivity contribution in [3.05, 3.63) is 120 Å². The zero-order valence-corrected chi connectivity index (χ0v) is 33.0. The highest BCUT2D eigenvalue weighted by atomic mass is 79.9. The normalized spacial score (nSPS) is 21.5. The highest BCUT2D eigenvalue weighted by Crippen LogP contribution is 2.58. The van der Waals surface area contributed by atoms with Gasteiger partial charge in [0.2, 0.25) is 18.8 Å². The van der Waals surface area contributed by atoms with Crippen molar-refractivity contribution < 1.29 is 36.7 Å². The Bertz CT molecular complexity index is 1970. The van der Waals surface area contributed by atoms with Crippen LogP contribution in [0.4, 0.5) is 23.2 Å². The second-order valence-corrected chi connectivity index (χ2v) is 16.3. The van der Waals surface area contributed by atoms with Gasteiger partial charge >= 0.3 is 0 Å². The maximum absolute atomic E-state index is 13.4. The van der Waals surface area contributed by atoms with Gasteiger partial charge in [-0.3, -0.25) is 19.2 Å². The van der Waals surface area contributed by atoms with E-state index in [4.69, 9.17) is 0 Å². The fourth-order valence-electron chi connectivity index (χ4n) is 7.16. The fourth-order valence-corrected chi connectivity index (χ4v) is 8.79. The van der Waals surface area contributed by atoms with Crippen LogP contribution in [0.25, 0.3) is 0 Å². The SMILES string of the molecule is O=C1NCCC2C=C(C3(C(F)F)CC3)C=CC12.O=Cc1c(Br)cccc1Br.O=Cc1c(Br)cccc1N1CCc2cc(C3(C(F)F)CC3)ccc2C1=O. The summed E-state index contributed by atoms with van der Waals surface area (Å²) >= 11 is 9.83. The van der Waals surface area contributed by atoms with Crippen molar-refractivity contribution in [2.75, 3.05) is 18.0 Å². The van der Waals surface area contributed by atoms with Gasteiger partial charge in [0.05, 0.1) is 28.0 Å². The molecule has 3 aromatic rings. The topological polar surface area (TPSA) is 83.6 Å². The molecule has 0 radical (unpaired) electrons. The first-order valence-electron chi connectivity index (χ1n) is 17.2. The van der Waals surface area contributed by atoms with Crippen LogP contribution in [0.2, 0.25) is 0 Å². The van der Waals surface area contributed by atoms with Crippen molar-refractivity contribution in [3.8, 4) is 0 Å². The van der Waals surface area contributed by atoms with E-state index in [0.29, 0.717) is 77.6 Å². The molecule has 2 unspecified atom stereocenters. The lowest BCUT2D eigenvalue weighted by Crippen LogP contribution is -2.41. The lowest BCUT2D eigenvalue weighted by molar-refractivity contribution is -0.126. The first-order chi connectivity index (χ1) is 25.4. The summed E-state index contributed by atoms with van der Waals surface area (Å²) in [5.41, 5.74) is 2.42. The van der Waals surface area contributed by atoms with E-state index in [1.54, 1.807) is 53.5 Å². The molecule has 3 fully saturated rings. The molecule has 5 aliphatic rings. The van der Waals surface area contributed by atoms with Gasteiger partial charge in [-0.05, 0) is 107 Å². The van der Waals surface area contributed by atoms with Crippen LogP contribution >= 0.6 is 47.8 Å². The third-order valence-corrected chi connectivity index (χ3v) is 12.8. The highest BCUT2D eigenvalue weighted by Gasteiger charge is 2.54. The third kappa shape index (κ3) is 7.89. The minimum Gasteiger partial charge on any atom is -0.356 e. The first kappa shape index (κ1) is 39.3. The van der Waals surface area contributed by atoms with Crippen LogP contribution in [0.1, 0.15) is 74.3 Å². The maximum atomic E-state index is 13.4. The van der Waals surface area contributed by atoms with Crippen LogP contribution < -0.4 is 10.2 Å². The van der Waals surface area contributed by atoms with Gasteiger partial charge in [0.15, 0.2) is 12.6 Å². The van der Waals surface area contributed by atoms with Crippen LogP contribution in [0.3, 0.4) is 0 Å². The smallest absolute Gasteiger partial charge is 0.258 e. The molecule has 1 saturated heterocycles. The van der Waals surface area contributed by atoms with E-state index in [1.807, 2.05) is 24.3 Å². The summed E-state index contributed by atoms with van der Waals surface area (Å²) in [6, 6.07) is 15.9. The molecule has 53 heavy (non-hydrogen) atoms. The summed E-state index contributed by atoms with van der Waals surface area (Å²) in [6.45, 7) is 1.06. The summed E-state index contributed by atoms with van der Waals surface area (Å²) in [6.07, 6.45) is 5.89. The number of hydrogen-bond donors (Lipinski definition) is 1. The molecule has 8 rings (SSSR count). The van der Waals surface area contributed by atoms with Crippen LogP contribution in [0.5, 0.6) is 0 Å². The number of alkyl halides is 4. The number of aldehydes is 2. The molecule has 0 aromatic heterocycles. The van der Waals surface area contributed by atoms with Crippen molar-refractivity contribution >= 4 is 77.9 Å². The van der Waals surface area contributed by atoms with E-state index in [2.05, 4.69) is 53.1 Å². The van der Waals surface area contributed by atoms with Crippen molar-refractivity contribution in [3.63, 3.8) is 0 Å². The fraction of sp³-hybridized carbons (Fsp3) is 0.350. The Morgan fingerprint density at radius 2 is 1.42 bits per heavy atom. The minimum absolute atomic E-state index is 0.0229. The van der Waals surface area contributed by atoms with Gasteiger partial charge in [0, 0.05) is 37.6 Å². The summed E-state index contributed by atoms with van der Waals surface area (Å²) < 4.78 is 55.0. The van der Waals surface area contributed by atoms with Crippen LogP contribution in [-0.4, -0.2) is 50.3 Å². The molecular formula is C40H35Br3F4N2O4. The van der Waals surface area contributed by atoms with Crippen molar-refractivity contribution in [2.45, 2.75) is 56.8 Å². The summed E-state index contributed by atoms with van der Waals surface area (Å²) in [5.74, 6) is -0.225. The van der Waals surface area contributed by atoms with Crippen molar-refractivity contribution in [1.82, 2.24) is 5.32 Å². The number of piperidine rings is 1. The monoisotopic (exact) mass is 920 g/mol. The molecule has 278 valence electrons. The molecule has 2 heterocycles. The van der Waals surface area contributed by atoms with E-state index < -0.39 is 23.7 Å². The number of rotatable bonds is 7. The zero-order chi connectivity index (χ0) is 38.1. The summed E-state index contributed by atoms with van der Waals surface area (Å²) in [5, 5.41) is 2.81. The van der Waals surface area contributed by atoms with Gasteiger partial charge in [0.1, 0.15) is 0 Å². The van der Waals surface area contributed by atoms with Gasteiger partial charge < -0.3 is 10.2 Å². The molecule has 13 heteroatoms. The van der Waals surface area contributed by atoms with E-state index >= 15 is 0 Å². The predicted octanol–water partition coefficient (Wildman–Crippen LogP) is 10.1. The molecular weight excluding hydrogens is 888 g/mol. The third-order valence-electron chi connectivity index (χ3n) is 10.7. The number of amides is 2. The Hall–Kier alpha value is -3.42. The second kappa shape index (κ2) is 16.1. The Balaban J connectivity index is 0.000000152. The van der Waals surface area contributed by atoms with Crippen molar-refractivity contribution in [2.24, 2.45) is 17.3 Å². The molecule has 2 amide bonds.